The van der Waals surface area contributed by atoms with Crippen molar-refractivity contribution in [3.8, 4) is 0 Å². The van der Waals surface area contributed by atoms with Crippen molar-refractivity contribution in [2.24, 2.45) is 5.92 Å². The standard InChI is InChI=1S/C21H30N2O2/c1-21(17-6-4-3-5-7-17,23-15-16-8-9-18(23)14-16)20(24)25-19-10-12-22(2)13-11-19/h3-7,16,18-19H,8-15H2,1-2H3/t16-,18?,21?/m0/s1. The van der Waals surface area contributed by atoms with Gasteiger partial charge in [0.1, 0.15) is 11.6 Å². The molecule has 2 bridgehead atoms. The van der Waals surface area contributed by atoms with E-state index in [4.69, 9.17) is 4.74 Å². The number of hydrogen-bond acceptors (Lipinski definition) is 4. The van der Waals surface area contributed by atoms with Crippen LogP contribution in [0.5, 0.6) is 0 Å². The molecule has 2 saturated heterocycles. The summed E-state index contributed by atoms with van der Waals surface area (Å²) in [6.45, 7) is 5.13. The minimum Gasteiger partial charge on any atom is -0.461 e. The predicted octanol–water partition coefficient (Wildman–Crippen LogP) is 3.02. The largest absolute Gasteiger partial charge is 0.461 e. The molecule has 4 heteroatoms. The number of carbonyl (C=O) groups excluding carboxylic acids is 1. The maximum Gasteiger partial charge on any atom is 0.331 e. The summed E-state index contributed by atoms with van der Waals surface area (Å²) in [5.74, 6) is 0.699. The number of nitrogens with zero attached hydrogens (tertiary/aromatic N) is 2. The Balaban J connectivity index is 1.58. The zero-order valence-corrected chi connectivity index (χ0v) is 15.5. The molecule has 3 fully saturated rings. The number of carbonyl (C=O) groups is 1. The number of rotatable bonds is 4. The molecule has 4 rings (SSSR count). The number of piperidine rings is 2. The molecule has 0 radical (unpaired) electrons. The van der Waals surface area contributed by atoms with Crippen molar-refractivity contribution >= 4 is 5.97 Å². The Morgan fingerprint density at radius 2 is 1.84 bits per heavy atom. The number of fused-ring (bicyclic) bond motifs is 2. The molecule has 1 aliphatic carbocycles. The Morgan fingerprint density at radius 1 is 1.12 bits per heavy atom. The summed E-state index contributed by atoms with van der Waals surface area (Å²) in [4.78, 5) is 18.1. The summed E-state index contributed by atoms with van der Waals surface area (Å²) in [7, 11) is 2.13. The van der Waals surface area contributed by atoms with Gasteiger partial charge in [0.25, 0.3) is 0 Å². The van der Waals surface area contributed by atoms with Crippen LogP contribution in [0.2, 0.25) is 0 Å². The second kappa shape index (κ2) is 6.73. The molecule has 1 aromatic rings. The van der Waals surface area contributed by atoms with Gasteiger partial charge in [0, 0.05) is 25.7 Å². The molecule has 25 heavy (non-hydrogen) atoms. The van der Waals surface area contributed by atoms with E-state index in [1.54, 1.807) is 0 Å². The van der Waals surface area contributed by atoms with Crippen LogP contribution in [0.1, 0.15) is 44.6 Å². The smallest absolute Gasteiger partial charge is 0.331 e. The van der Waals surface area contributed by atoms with E-state index in [2.05, 4.69) is 35.9 Å². The van der Waals surface area contributed by atoms with Crippen molar-refractivity contribution in [3.05, 3.63) is 35.9 Å². The molecule has 0 aromatic heterocycles. The zero-order chi connectivity index (χ0) is 17.4. The molecule has 0 spiro atoms. The molecule has 2 heterocycles. The van der Waals surface area contributed by atoms with E-state index in [1.807, 2.05) is 18.2 Å². The fourth-order valence-corrected chi connectivity index (χ4v) is 5.00. The quantitative estimate of drug-likeness (QED) is 0.788. The minimum atomic E-state index is -0.662. The van der Waals surface area contributed by atoms with Gasteiger partial charge in [-0.05, 0) is 57.6 Å². The van der Waals surface area contributed by atoms with Gasteiger partial charge in [0.05, 0.1) is 0 Å². The predicted molar refractivity (Wildman–Crippen MR) is 98.2 cm³/mol. The van der Waals surface area contributed by atoms with Crippen LogP contribution in [0.4, 0.5) is 0 Å². The average molecular weight is 342 g/mol. The van der Waals surface area contributed by atoms with Crippen LogP contribution in [0.15, 0.2) is 30.3 Å². The van der Waals surface area contributed by atoms with Crippen LogP contribution in [0.3, 0.4) is 0 Å². The molecule has 1 saturated carbocycles. The molecule has 136 valence electrons. The van der Waals surface area contributed by atoms with E-state index >= 15 is 0 Å². The van der Waals surface area contributed by atoms with Crippen LogP contribution in [-0.4, -0.2) is 54.6 Å². The Morgan fingerprint density at radius 3 is 2.44 bits per heavy atom. The summed E-state index contributed by atoms with van der Waals surface area (Å²) >= 11 is 0. The molecule has 1 aromatic carbocycles. The highest BCUT2D eigenvalue weighted by atomic mass is 16.5. The normalized spacial score (nSPS) is 30.3. The fourth-order valence-electron chi connectivity index (χ4n) is 5.00. The number of benzene rings is 1. The number of esters is 1. The molecule has 2 unspecified atom stereocenters. The van der Waals surface area contributed by atoms with E-state index in [-0.39, 0.29) is 12.1 Å². The van der Waals surface area contributed by atoms with Gasteiger partial charge in [-0.1, -0.05) is 30.3 Å². The number of likely N-dealkylation sites (tertiary alicyclic amines) is 2. The Labute approximate surface area is 151 Å². The first-order valence-corrected chi connectivity index (χ1v) is 9.79. The maximum absolute atomic E-state index is 13.4. The van der Waals surface area contributed by atoms with Gasteiger partial charge in [0.15, 0.2) is 0 Å². The van der Waals surface area contributed by atoms with Crippen LogP contribution in [0, 0.1) is 5.92 Å². The first kappa shape index (κ1) is 17.0. The lowest BCUT2D eigenvalue weighted by Crippen LogP contribution is -2.54. The lowest BCUT2D eigenvalue weighted by atomic mass is 9.88. The Bertz CT molecular complexity index is 612. The van der Waals surface area contributed by atoms with Crippen molar-refractivity contribution in [1.82, 2.24) is 9.80 Å². The topological polar surface area (TPSA) is 32.8 Å². The van der Waals surface area contributed by atoms with Crippen molar-refractivity contribution in [1.29, 1.82) is 0 Å². The third-order valence-electron chi connectivity index (χ3n) is 6.66. The highest BCUT2D eigenvalue weighted by molar-refractivity contribution is 5.82. The molecule has 4 nitrogen and oxygen atoms in total. The van der Waals surface area contributed by atoms with Gasteiger partial charge in [0.2, 0.25) is 0 Å². The van der Waals surface area contributed by atoms with Gasteiger partial charge in [-0.15, -0.1) is 0 Å². The molecule has 0 amide bonds. The van der Waals surface area contributed by atoms with Crippen LogP contribution < -0.4 is 0 Å². The molecule has 0 N–H and O–H groups in total. The second-order valence-corrected chi connectivity index (χ2v) is 8.33. The third-order valence-corrected chi connectivity index (χ3v) is 6.66. The van der Waals surface area contributed by atoms with Crippen LogP contribution >= 0.6 is 0 Å². The lowest BCUT2D eigenvalue weighted by molar-refractivity contribution is -0.167. The maximum atomic E-state index is 13.4. The van der Waals surface area contributed by atoms with Gasteiger partial charge in [-0.2, -0.15) is 0 Å². The first-order chi connectivity index (χ1) is 12.1. The van der Waals surface area contributed by atoms with Crippen molar-refractivity contribution in [2.45, 2.75) is 56.7 Å². The minimum absolute atomic E-state index is 0.0548. The molecule has 3 aliphatic rings. The summed E-state index contributed by atoms with van der Waals surface area (Å²) in [5, 5.41) is 0. The fraction of sp³-hybridized carbons (Fsp3) is 0.667. The zero-order valence-electron chi connectivity index (χ0n) is 15.5. The van der Waals surface area contributed by atoms with E-state index in [0.717, 1.165) is 44.0 Å². The highest BCUT2D eigenvalue weighted by Gasteiger charge is 2.52. The van der Waals surface area contributed by atoms with Crippen molar-refractivity contribution in [3.63, 3.8) is 0 Å². The Kier molecular flexibility index (Phi) is 4.59. The third kappa shape index (κ3) is 3.11. The van der Waals surface area contributed by atoms with Gasteiger partial charge >= 0.3 is 5.97 Å². The summed E-state index contributed by atoms with van der Waals surface area (Å²) in [5.41, 5.74) is 0.408. The average Bonchev–Trinajstić information content (AvgIpc) is 3.27. The van der Waals surface area contributed by atoms with E-state index in [1.165, 1.54) is 19.3 Å². The molecule has 3 atom stereocenters. The Hall–Kier alpha value is -1.39. The number of hydrogen-bond donors (Lipinski definition) is 0. The van der Waals surface area contributed by atoms with Crippen molar-refractivity contribution < 1.29 is 9.53 Å². The molecule has 2 aliphatic heterocycles. The highest BCUT2D eigenvalue weighted by Crippen LogP contribution is 2.45. The monoisotopic (exact) mass is 342 g/mol. The van der Waals surface area contributed by atoms with E-state index in [9.17, 15) is 4.79 Å². The van der Waals surface area contributed by atoms with Crippen LogP contribution in [0.25, 0.3) is 0 Å². The molecular formula is C21H30N2O2. The first-order valence-electron chi connectivity index (χ1n) is 9.79. The molecular weight excluding hydrogens is 312 g/mol. The van der Waals surface area contributed by atoms with Crippen molar-refractivity contribution in [2.75, 3.05) is 26.7 Å². The van der Waals surface area contributed by atoms with Gasteiger partial charge < -0.3 is 9.64 Å². The van der Waals surface area contributed by atoms with Gasteiger partial charge in [-0.3, -0.25) is 4.90 Å². The van der Waals surface area contributed by atoms with Gasteiger partial charge in [-0.25, -0.2) is 4.79 Å². The summed E-state index contributed by atoms with van der Waals surface area (Å²) < 4.78 is 6.07. The lowest BCUT2D eigenvalue weighted by Gasteiger charge is -2.43. The summed E-state index contributed by atoms with van der Waals surface area (Å²) in [6, 6.07) is 10.8. The SMILES string of the molecule is CN1CCC(OC(=O)C(C)(c2ccccc2)N2C[C@H]3CCC2C3)CC1. The van der Waals surface area contributed by atoms with Crippen LogP contribution in [-0.2, 0) is 15.1 Å². The number of ether oxygens (including phenoxy) is 1. The van der Waals surface area contributed by atoms with E-state index in [0.29, 0.717) is 6.04 Å². The summed E-state index contributed by atoms with van der Waals surface area (Å²) in [6.07, 6.45) is 5.72. The van der Waals surface area contributed by atoms with E-state index < -0.39 is 5.54 Å². The second-order valence-electron chi connectivity index (χ2n) is 8.33.